The Morgan fingerprint density at radius 3 is 2.53 bits per heavy atom. The number of carbonyl (C=O) groups excluding carboxylic acids is 1. The van der Waals surface area contributed by atoms with E-state index in [-0.39, 0.29) is 16.9 Å². The van der Waals surface area contributed by atoms with E-state index in [1.807, 2.05) is 0 Å². The summed E-state index contributed by atoms with van der Waals surface area (Å²) < 4.78 is 26.1. The summed E-state index contributed by atoms with van der Waals surface area (Å²) in [6.07, 6.45) is 3.01. The van der Waals surface area contributed by atoms with Crippen molar-refractivity contribution in [3.8, 4) is 0 Å². The van der Waals surface area contributed by atoms with Gasteiger partial charge in [0.05, 0.1) is 4.90 Å². The van der Waals surface area contributed by atoms with Crippen LogP contribution in [0.1, 0.15) is 25.7 Å². The highest BCUT2D eigenvalue weighted by molar-refractivity contribution is 7.90. The first-order valence-corrected chi connectivity index (χ1v) is 7.84. The van der Waals surface area contributed by atoms with E-state index in [0.717, 1.165) is 12.8 Å². The zero-order valence-corrected chi connectivity index (χ0v) is 11.4. The topological polar surface area (TPSA) is 89.3 Å². The van der Waals surface area contributed by atoms with Gasteiger partial charge in [-0.25, -0.2) is 13.1 Å². The van der Waals surface area contributed by atoms with E-state index < -0.39 is 15.9 Å². The molecule has 2 unspecified atom stereocenters. The van der Waals surface area contributed by atoms with Gasteiger partial charge >= 0.3 is 0 Å². The lowest BCUT2D eigenvalue weighted by Crippen LogP contribution is -2.40. The average Bonchev–Trinajstić information content (AvgIpc) is 2.39. The molecule has 1 aromatic rings. The lowest BCUT2D eigenvalue weighted by molar-refractivity contribution is -0.124. The number of hydrogen-bond acceptors (Lipinski definition) is 4. The monoisotopic (exact) mass is 282 g/mol. The molecule has 2 atom stereocenters. The minimum Gasteiger partial charge on any atom is -0.328 e. The summed E-state index contributed by atoms with van der Waals surface area (Å²) in [5.41, 5.74) is 5.81. The molecule has 3 N–H and O–H groups in total. The van der Waals surface area contributed by atoms with Gasteiger partial charge < -0.3 is 5.73 Å². The molecule has 1 aromatic carbocycles. The predicted molar refractivity (Wildman–Crippen MR) is 71.7 cm³/mol. The van der Waals surface area contributed by atoms with E-state index in [1.54, 1.807) is 18.2 Å². The second-order valence-electron chi connectivity index (χ2n) is 4.91. The van der Waals surface area contributed by atoms with Gasteiger partial charge in [-0.1, -0.05) is 24.6 Å². The third kappa shape index (κ3) is 3.54. The highest BCUT2D eigenvalue weighted by Crippen LogP contribution is 2.23. The van der Waals surface area contributed by atoms with Crippen molar-refractivity contribution in [2.75, 3.05) is 0 Å². The molecule has 6 heteroatoms. The number of benzene rings is 1. The van der Waals surface area contributed by atoms with Gasteiger partial charge in [0.1, 0.15) is 0 Å². The summed E-state index contributed by atoms with van der Waals surface area (Å²) >= 11 is 0. The van der Waals surface area contributed by atoms with Crippen molar-refractivity contribution in [1.82, 2.24) is 4.72 Å². The van der Waals surface area contributed by atoms with Crippen LogP contribution in [0.5, 0.6) is 0 Å². The van der Waals surface area contributed by atoms with E-state index in [4.69, 9.17) is 5.73 Å². The van der Waals surface area contributed by atoms with Gasteiger partial charge in [0.2, 0.25) is 5.91 Å². The fourth-order valence-corrected chi connectivity index (χ4v) is 3.40. The van der Waals surface area contributed by atoms with Crippen LogP contribution in [0, 0.1) is 5.92 Å². The molecule has 1 aliphatic carbocycles. The Balaban J connectivity index is 2.06. The second-order valence-corrected chi connectivity index (χ2v) is 6.59. The van der Waals surface area contributed by atoms with E-state index in [2.05, 4.69) is 4.72 Å². The maximum atomic E-state index is 12.0. The number of nitrogens with two attached hydrogens (primary N) is 1. The molecule has 104 valence electrons. The second kappa shape index (κ2) is 5.71. The summed E-state index contributed by atoms with van der Waals surface area (Å²) in [6.45, 7) is 0. The minimum atomic E-state index is -3.77. The molecule has 1 fully saturated rings. The van der Waals surface area contributed by atoms with Crippen LogP contribution in [-0.2, 0) is 14.8 Å². The number of amides is 1. The van der Waals surface area contributed by atoms with E-state index in [0.29, 0.717) is 12.8 Å². The van der Waals surface area contributed by atoms with E-state index >= 15 is 0 Å². The number of sulfonamides is 1. The fourth-order valence-electron chi connectivity index (χ4n) is 2.34. The van der Waals surface area contributed by atoms with Crippen LogP contribution in [0.15, 0.2) is 35.2 Å². The Hall–Kier alpha value is -1.40. The number of nitrogens with one attached hydrogen (secondary N) is 1. The van der Waals surface area contributed by atoms with Crippen molar-refractivity contribution in [3.05, 3.63) is 30.3 Å². The first kappa shape index (κ1) is 14.0. The van der Waals surface area contributed by atoms with E-state index in [9.17, 15) is 13.2 Å². The molecule has 0 heterocycles. The third-order valence-electron chi connectivity index (χ3n) is 3.37. The minimum absolute atomic E-state index is 0.0103. The number of hydrogen-bond donors (Lipinski definition) is 2. The molecular formula is C13H18N2O3S. The van der Waals surface area contributed by atoms with Gasteiger partial charge in [0.25, 0.3) is 10.0 Å². The normalized spacial score (nSPS) is 23.8. The van der Waals surface area contributed by atoms with Gasteiger partial charge in [0.15, 0.2) is 0 Å². The van der Waals surface area contributed by atoms with Crippen LogP contribution in [0.3, 0.4) is 0 Å². The van der Waals surface area contributed by atoms with Crippen molar-refractivity contribution < 1.29 is 13.2 Å². The molecular weight excluding hydrogens is 264 g/mol. The molecule has 2 rings (SSSR count). The van der Waals surface area contributed by atoms with Crippen molar-refractivity contribution in [2.24, 2.45) is 11.7 Å². The van der Waals surface area contributed by atoms with Crippen LogP contribution in [-0.4, -0.2) is 20.4 Å². The van der Waals surface area contributed by atoms with Crippen molar-refractivity contribution in [3.63, 3.8) is 0 Å². The standard InChI is InChI=1S/C13H18N2O3S/c14-11-6-4-5-10(9-11)13(16)15-19(17,18)12-7-2-1-3-8-12/h1-3,7-8,10-11H,4-6,9,14H2,(H,15,16). The lowest BCUT2D eigenvalue weighted by Gasteiger charge is -2.25. The first-order chi connectivity index (χ1) is 8.99. The van der Waals surface area contributed by atoms with Gasteiger partial charge in [-0.3, -0.25) is 4.79 Å². The highest BCUT2D eigenvalue weighted by atomic mass is 32.2. The Morgan fingerprint density at radius 1 is 1.21 bits per heavy atom. The Kier molecular flexibility index (Phi) is 4.21. The summed E-state index contributed by atoms with van der Waals surface area (Å²) in [5, 5.41) is 0. The molecule has 5 nitrogen and oxygen atoms in total. The Bertz CT molecular complexity index is 542. The quantitative estimate of drug-likeness (QED) is 0.866. The third-order valence-corrected chi connectivity index (χ3v) is 4.74. The van der Waals surface area contributed by atoms with Gasteiger partial charge in [-0.15, -0.1) is 0 Å². The molecule has 0 aliphatic heterocycles. The van der Waals surface area contributed by atoms with Crippen LogP contribution >= 0.6 is 0 Å². The smallest absolute Gasteiger partial charge is 0.264 e. The SMILES string of the molecule is NC1CCCC(C(=O)NS(=O)(=O)c2ccccc2)C1. The maximum absolute atomic E-state index is 12.0. The van der Waals surface area contributed by atoms with Crippen LogP contribution < -0.4 is 10.5 Å². The fraction of sp³-hybridized carbons (Fsp3) is 0.462. The van der Waals surface area contributed by atoms with Gasteiger partial charge in [0, 0.05) is 12.0 Å². The van der Waals surface area contributed by atoms with Crippen LogP contribution in [0.25, 0.3) is 0 Å². The number of rotatable bonds is 3. The summed E-state index contributed by atoms with van der Waals surface area (Å²) in [5.74, 6) is -0.749. The van der Waals surface area contributed by atoms with Crippen molar-refractivity contribution in [1.29, 1.82) is 0 Å². The number of carbonyl (C=O) groups is 1. The molecule has 0 radical (unpaired) electrons. The summed E-state index contributed by atoms with van der Waals surface area (Å²) in [4.78, 5) is 12.1. The molecule has 1 amide bonds. The molecule has 0 bridgehead atoms. The zero-order chi connectivity index (χ0) is 13.9. The predicted octanol–water partition coefficient (Wildman–Crippen LogP) is 1.01. The van der Waals surface area contributed by atoms with Crippen LogP contribution in [0.2, 0.25) is 0 Å². The maximum Gasteiger partial charge on any atom is 0.264 e. The first-order valence-electron chi connectivity index (χ1n) is 6.36. The van der Waals surface area contributed by atoms with Crippen LogP contribution in [0.4, 0.5) is 0 Å². The largest absolute Gasteiger partial charge is 0.328 e. The molecule has 0 spiro atoms. The molecule has 1 aliphatic rings. The molecule has 0 saturated heterocycles. The van der Waals surface area contributed by atoms with E-state index in [1.165, 1.54) is 12.1 Å². The average molecular weight is 282 g/mol. The van der Waals surface area contributed by atoms with Crippen molar-refractivity contribution in [2.45, 2.75) is 36.6 Å². The molecule has 1 saturated carbocycles. The molecule has 19 heavy (non-hydrogen) atoms. The Labute approximate surface area is 113 Å². The van der Waals surface area contributed by atoms with Crippen molar-refractivity contribution >= 4 is 15.9 Å². The lowest BCUT2D eigenvalue weighted by atomic mass is 9.86. The molecule has 0 aromatic heterocycles. The Morgan fingerprint density at radius 2 is 1.89 bits per heavy atom. The van der Waals surface area contributed by atoms with Gasteiger partial charge in [-0.05, 0) is 31.4 Å². The zero-order valence-electron chi connectivity index (χ0n) is 10.6. The van der Waals surface area contributed by atoms with Gasteiger partial charge in [-0.2, -0.15) is 0 Å². The summed E-state index contributed by atoms with van der Waals surface area (Å²) in [6, 6.07) is 7.88. The summed E-state index contributed by atoms with van der Waals surface area (Å²) in [7, 11) is -3.77. The highest BCUT2D eigenvalue weighted by Gasteiger charge is 2.28.